The molecule has 0 bridgehead atoms. The van der Waals surface area contributed by atoms with Crippen molar-refractivity contribution < 1.29 is 4.39 Å². The first kappa shape index (κ1) is 17.8. The van der Waals surface area contributed by atoms with E-state index < -0.39 is 0 Å². The molecule has 4 nitrogen and oxygen atoms in total. The third-order valence-electron chi connectivity index (χ3n) is 5.53. The van der Waals surface area contributed by atoms with Crippen LogP contribution in [0.1, 0.15) is 16.7 Å². The van der Waals surface area contributed by atoms with Crippen LogP contribution < -0.4 is 5.32 Å². The molecular weight excluding hydrogens is 363 g/mol. The Labute approximate surface area is 168 Å². The van der Waals surface area contributed by atoms with E-state index in [1.165, 1.54) is 23.5 Å². The Morgan fingerprint density at radius 2 is 1.76 bits per heavy atom. The highest BCUT2D eigenvalue weighted by atomic mass is 19.1. The smallest absolute Gasteiger partial charge is 0.180 e. The third kappa shape index (κ3) is 3.69. The Bertz CT molecular complexity index is 1110. The molecule has 0 saturated heterocycles. The fourth-order valence-electron chi connectivity index (χ4n) is 4.05. The molecule has 0 amide bonds. The number of H-pyrrole nitrogens is 1. The summed E-state index contributed by atoms with van der Waals surface area (Å²) in [4.78, 5) is 4.08. The van der Waals surface area contributed by atoms with Gasteiger partial charge >= 0.3 is 0 Å². The van der Waals surface area contributed by atoms with Gasteiger partial charge < -0.3 is 5.32 Å². The van der Waals surface area contributed by atoms with E-state index in [1.807, 2.05) is 18.2 Å². The van der Waals surface area contributed by atoms with E-state index >= 15 is 0 Å². The van der Waals surface area contributed by atoms with Gasteiger partial charge in [0.25, 0.3) is 0 Å². The van der Waals surface area contributed by atoms with E-state index in [4.69, 9.17) is 0 Å². The molecular formula is C24H21FN4. The topological polar surface area (TPSA) is 53.6 Å². The van der Waals surface area contributed by atoms with Crippen LogP contribution in [0, 0.1) is 5.82 Å². The predicted molar refractivity (Wildman–Crippen MR) is 112 cm³/mol. The van der Waals surface area contributed by atoms with Crippen molar-refractivity contribution >= 4 is 0 Å². The van der Waals surface area contributed by atoms with Crippen molar-refractivity contribution in [3.05, 3.63) is 95.6 Å². The molecule has 5 rings (SSSR count). The summed E-state index contributed by atoms with van der Waals surface area (Å²) >= 11 is 0. The molecule has 0 aliphatic heterocycles. The molecule has 2 N–H and O–H groups in total. The van der Waals surface area contributed by atoms with Gasteiger partial charge in [-0.1, -0.05) is 54.6 Å². The fourth-order valence-corrected chi connectivity index (χ4v) is 4.05. The maximum Gasteiger partial charge on any atom is 0.180 e. The zero-order chi connectivity index (χ0) is 19.6. The highest BCUT2D eigenvalue weighted by molar-refractivity contribution is 5.69. The largest absolute Gasteiger partial charge is 0.309 e. The van der Waals surface area contributed by atoms with E-state index in [-0.39, 0.29) is 5.82 Å². The summed E-state index contributed by atoms with van der Waals surface area (Å²) in [5.74, 6) is 0.217. The van der Waals surface area contributed by atoms with Crippen LogP contribution in [-0.2, 0) is 19.4 Å². The van der Waals surface area contributed by atoms with E-state index in [0.717, 1.165) is 30.5 Å². The molecule has 5 heteroatoms. The van der Waals surface area contributed by atoms with E-state index in [9.17, 15) is 4.39 Å². The number of nitrogens with one attached hydrogen (secondary N) is 2. The minimum atomic E-state index is -0.274. The van der Waals surface area contributed by atoms with Gasteiger partial charge in [-0.25, -0.2) is 9.37 Å². The van der Waals surface area contributed by atoms with Crippen LogP contribution in [0.2, 0.25) is 0 Å². The number of hydrogen-bond acceptors (Lipinski definition) is 3. The minimum absolute atomic E-state index is 0.274. The molecule has 0 radical (unpaired) electrons. The van der Waals surface area contributed by atoms with Crippen molar-refractivity contribution in [1.29, 1.82) is 0 Å². The molecule has 144 valence electrons. The number of benzene rings is 3. The van der Waals surface area contributed by atoms with Crippen molar-refractivity contribution in [1.82, 2.24) is 20.5 Å². The van der Waals surface area contributed by atoms with Gasteiger partial charge in [-0.05, 0) is 47.2 Å². The van der Waals surface area contributed by atoms with Gasteiger partial charge in [0.05, 0.1) is 0 Å². The molecule has 1 aliphatic carbocycles. The standard InChI is InChI=1S/C24H21FN4/c25-23-13-20(24-27-15-28-29-24)8-9-22(23)19-7-3-4-16(10-19)14-26-21-11-17-5-1-2-6-18(17)12-21/h1-10,13,15,21,26H,11-12,14H2,(H,27,28,29). The van der Waals surface area contributed by atoms with E-state index in [2.05, 4.69) is 56.9 Å². The lowest BCUT2D eigenvalue weighted by Crippen LogP contribution is -2.28. The van der Waals surface area contributed by atoms with Crippen LogP contribution in [0.4, 0.5) is 4.39 Å². The van der Waals surface area contributed by atoms with Gasteiger partial charge in [-0.15, -0.1) is 0 Å². The SMILES string of the molecule is Fc1cc(-c2nc[nH]n2)ccc1-c1cccc(CNC2Cc3ccccc3C2)c1. The molecule has 0 saturated carbocycles. The first-order valence-electron chi connectivity index (χ1n) is 9.81. The molecule has 1 aromatic heterocycles. The van der Waals surface area contributed by atoms with Crippen molar-refractivity contribution in [2.45, 2.75) is 25.4 Å². The molecule has 1 heterocycles. The van der Waals surface area contributed by atoms with Crippen LogP contribution in [0.3, 0.4) is 0 Å². The van der Waals surface area contributed by atoms with Gasteiger partial charge in [0, 0.05) is 23.7 Å². The number of halogens is 1. The lowest BCUT2D eigenvalue weighted by molar-refractivity contribution is 0.533. The number of aromatic amines is 1. The summed E-state index contributed by atoms with van der Waals surface area (Å²) in [5, 5.41) is 10.3. The maximum atomic E-state index is 14.8. The minimum Gasteiger partial charge on any atom is -0.309 e. The summed E-state index contributed by atoms with van der Waals surface area (Å²) in [7, 11) is 0. The van der Waals surface area contributed by atoms with Crippen LogP contribution in [0.25, 0.3) is 22.5 Å². The van der Waals surface area contributed by atoms with Gasteiger partial charge in [0.1, 0.15) is 12.1 Å². The summed E-state index contributed by atoms with van der Waals surface area (Å²) < 4.78 is 14.8. The highest BCUT2D eigenvalue weighted by Crippen LogP contribution is 2.27. The Morgan fingerprint density at radius 1 is 0.931 bits per heavy atom. The van der Waals surface area contributed by atoms with Crippen molar-refractivity contribution in [3.63, 3.8) is 0 Å². The normalized spacial score (nSPS) is 13.6. The number of hydrogen-bond donors (Lipinski definition) is 2. The lowest BCUT2D eigenvalue weighted by atomic mass is 10.0. The Balaban J connectivity index is 1.30. The monoisotopic (exact) mass is 384 g/mol. The summed E-state index contributed by atoms with van der Waals surface area (Å²) in [6.07, 6.45) is 3.61. The van der Waals surface area contributed by atoms with Crippen LogP contribution in [-0.4, -0.2) is 21.2 Å². The zero-order valence-electron chi connectivity index (χ0n) is 15.9. The molecule has 0 atom stereocenters. The number of fused-ring (bicyclic) bond motifs is 1. The van der Waals surface area contributed by atoms with Gasteiger partial charge in [-0.2, -0.15) is 5.10 Å². The average molecular weight is 384 g/mol. The van der Waals surface area contributed by atoms with Crippen molar-refractivity contribution in [2.75, 3.05) is 0 Å². The quantitative estimate of drug-likeness (QED) is 0.531. The van der Waals surface area contributed by atoms with Crippen molar-refractivity contribution in [3.8, 4) is 22.5 Å². The summed E-state index contributed by atoms with van der Waals surface area (Å²) in [5.41, 5.74) is 6.14. The van der Waals surface area contributed by atoms with Gasteiger partial charge in [0.15, 0.2) is 5.82 Å². The average Bonchev–Trinajstić information content (AvgIpc) is 3.42. The summed E-state index contributed by atoms with van der Waals surface area (Å²) in [6, 6.07) is 22.3. The Kier molecular flexibility index (Phi) is 4.66. The Hall–Kier alpha value is -3.31. The second kappa shape index (κ2) is 7.60. The van der Waals surface area contributed by atoms with Crippen LogP contribution in [0.5, 0.6) is 0 Å². The Morgan fingerprint density at radius 3 is 2.48 bits per heavy atom. The molecule has 4 aromatic rings. The number of nitrogens with zero attached hydrogens (tertiary/aromatic N) is 2. The van der Waals surface area contributed by atoms with Crippen molar-refractivity contribution in [2.24, 2.45) is 0 Å². The maximum absolute atomic E-state index is 14.8. The first-order valence-corrected chi connectivity index (χ1v) is 9.81. The van der Waals surface area contributed by atoms with Crippen LogP contribution >= 0.6 is 0 Å². The highest BCUT2D eigenvalue weighted by Gasteiger charge is 2.20. The number of rotatable bonds is 5. The first-order chi connectivity index (χ1) is 14.3. The molecule has 0 unspecified atom stereocenters. The molecule has 3 aromatic carbocycles. The molecule has 29 heavy (non-hydrogen) atoms. The number of aromatic nitrogens is 3. The fraction of sp³-hybridized carbons (Fsp3) is 0.167. The van der Waals surface area contributed by atoms with Crippen LogP contribution in [0.15, 0.2) is 73.1 Å². The second-order valence-electron chi connectivity index (χ2n) is 7.47. The van der Waals surface area contributed by atoms with Gasteiger partial charge in [0.2, 0.25) is 0 Å². The summed E-state index contributed by atoms with van der Waals surface area (Å²) in [6.45, 7) is 0.767. The third-order valence-corrected chi connectivity index (χ3v) is 5.53. The molecule has 1 aliphatic rings. The van der Waals surface area contributed by atoms with E-state index in [0.29, 0.717) is 23.0 Å². The van der Waals surface area contributed by atoms with E-state index in [1.54, 1.807) is 6.07 Å². The molecule has 0 fully saturated rings. The zero-order valence-corrected chi connectivity index (χ0v) is 15.9. The predicted octanol–water partition coefficient (Wildman–Crippen LogP) is 4.53. The second-order valence-corrected chi connectivity index (χ2v) is 7.47. The lowest BCUT2D eigenvalue weighted by Gasteiger charge is -2.13. The van der Waals surface area contributed by atoms with Gasteiger partial charge in [-0.3, -0.25) is 5.10 Å². The molecule has 0 spiro atoms.